The molecule has 0 unspecified atom stereocenters. The van der Waals surface area contributed by atoms with Crippen molar-refractivity contribution in [1.82, 2.24) is 4.98 Å². The van der Waals surface area contributed by atoms with Gasteiger partial charge in [0.15, 0.2) is 0 Å². The van der Waals surface area contributed by atoms with Gasteiger partial charge in [-0.3, -0.25) is 0 Å². The summed E-state index contributed by atoms with van der Waals surface area (Å²) >= 11 is 5.85. The molecule has 0 aliphatic carbocycles. The second-order valence-electron chi connectivity index (χ2n) is 4.30. The number of nitrogens with zero attached hydrogens (tertiary/aromatic N) is 2. The first-order valence-corrected chi connectivity index (χ1v) is 6.17. The average molecular weight is 271 g/mol. The summed E-state index contributed by atoms with van der Waals surface area (Å²) < 4.78 is 5.30. The Kier molecular flexibility index (Phi) is 4.04. The van der Waals surface area contributed by atoms with Crippen LogP contribution in [0.15, 0.2) is 12.1 Å². The van der Waals surface area contributed by atoms with Gasteiger partial charge < -0.3 is 14.7 Å². The van der Waals surface area contributed by atoms with Gasteiger partial charge in [-0.05, 0) is 25.0 Å². The van der Waals surface area contributed by atoms with Gasteiger partial charge in [0.1, 0.15) is 11.0 Å². The highest BCUT2D eigenvalue weighted by atomic mass is 35.5. The number of carboxylic acid groups (broad SMARTS) is 1. The standard InChI is InChI=1S/C12H15ClN2O3/c1-15(9-2-4-18-5-3-9)11-7-8(12(16)17)6-10(13)14-11/h6-7,9H,2-5H2,1H3,(H,16,17). The first kappa shape index (κ1) is 13.1. The van der Waals surface area contributed by atoms with Gasteiger partial charge in [0, 0.05) is 26.3 Å². The van der Waals surface area contributed by atoms with Gasteiger partial charge in [-0.15, -0.1) is 0 Å². The van der Waals surface area contributed by atoms with Gasteiger partial charge in [-0.1, -0.05) is 11.6 Å². The molecule has 1 aromatic heterocycles. The number of pyridine rings is 1. The Morgan fingerprint density at radius 1 is 1.50 bits per heavy atom. The second kappa shape index (κ2) is 5.54. The smallest absolute Gasteiger partial charge is 0.335 e. The van der Waals surface area contributed by atoms with Crippen LogP contribution in [0, 0.1) is 0 Å². The lowest BCUT2D eigenvalue weighted by atomic mass is 10.1. The van der Waals surface area contributed by atoms with Crippen LogP contribution in [0.1, 0.15) is 23.2 Å². The molecule has 0 bridgehead atoms. The van der Waals surface area contributed by atoms with Crippen LogP contribution < -0.4 is 4.90 Å². The Bertz CT molecular complexity index is 447. The van der Waals surface area contributed by atoms with Crippen molar-refractivity contribution in [2.75, 3.05) is 25.2 Å². The molecule has 0 atom stereocenters. The molecule has 0 spiro atoms. The number of anilines is 1. The largest absolute Gasteiger partial charge is 0.478 e. The molecule has 1 aliphatic rings. The highest BCUT2D eigenvalue weighted by molar-refractivity contribution is 6.29. The zero-order valence-corrected chi connectivity index (χ0v) is 10.9. The first-order valence-electron chi connectivity index (χ1n) is 5.79. The SMILES string of the molecule is CN(c1cc(C(=O)O)cc(Cl)n1)C1CCOCC1. The molecule has 2 rings (SSSR count). The normalized spacial score (nSPS) is 16.6. The Morgan fingerprint density at radius 2 is 2.17 bits per heavy atom. The molecule has 1 saturated heterocycles. The minimum Gasteiger partial charge on any atom is -0.478 e. The summed E-state index contributed by atoms with van der Waals surface area (Å²) in [5.41, 5.74) is 0.156. The zero-order chi connectivity index (χ0) is 13.1. The maximum Gasteiger partial charge on any atom is 0.335 e. The number of hydrogen-bond donors (Lipinski definition) is 1. The molecule has 5 nitrogen and oxygen atoms in total. The van der Waals surface area contributed by atoms with E-state index in [0.29, 0.717) is 11.9 Å². The molecule has 18 heavy (non-hydrogen) atoms. The van der Waals surface area contributed by atoms with Crippen LogP contribution >= 0.6 is 11.6 Å². The van der Waals surface area contributed by atoms with Gasteiger partial charge in [0.2, 0.25) is 0 Å². The summed E-state index contributed by atoms with van der Waals surface area (Å²) in [5, 5.41) is 9.20. The summed E-state index contributed by atoms with van der Waals surface area (Å²) in [6, 6.07) is 3.21. The van der Waals surface area contributed by atoms with Crippen LogP contribution in [0.3, 0.4) is 0 Å². The van der Waals surface area contributed by atoms with E-state index in [0.717, 1.165) is 26.1 Å². The van der Waals surface area contributed by atoms with E-state index in [9.17, 15) is 4.79 Å². The van der Waals surface area contributed by atoms with E-state index in [2.05, 4.69) is 4.98 Å². The fourth-order valence-electron chi connectivity index (χ4n) is 2.05. The number of carboxylic acids is 1. The molecular weight excluding hydrogens is 256 g/mol. The minimum atomic E-state index is -0.999. The highest BCUT2D eigenvalue weighted by Gasteiger charge is 2.20. The number of carbonyl (C=O) groups is 1. The van der Waals surface area contributed by atoms with E-state index < -0.39 is 5.97 Å². The van der Waals surface area contributed by atoms with E-state index >= 15 is 0 Å². The Labute approximate surface area is 110 Å². The van der Waals surface area contributed by atoms with Crippen molar-refractivity contribution in [2.24, 2.45) is 0 Å². The molecule has 1 fully saturated rings. The van der Waals surface area contributed by atoms with E-state index in [1.165, 1.54) is 6.07 Å². The van der Waals surface area contributed by atoms with Crippen LogP contribution in [0.25, 0.3) is 0 Å². The first-order chi connectivity index (χ1) is 8.58. The number of aromatic carboxylic acids is 1. The molecule has 0 saturated carbocycles. The zero-order valence-electron chi connectivity index (χ0n) is 10.1. The van der Waals surface area contributed by atoms with Crippen LogP contribution in [-0.2, 0) is 4.74 Å². The molecule has 6 heteroatoms. The van der Waals surface area contributed by atoms with Crippen LogP contribution in [0.2, 0.25) is 5.15 Å². The predicted molar refractivity (Wildman–Crippen MR) is 68.5 cm³/mol. The van der Waals surface area contributed by atoms with Gasteiger partial charge >= 0.3 is 5.97 Å². The third kappa shape index (κ3) is 2.91. The van der Waals surface area contributed by atoms with E-state index in [4.69, 9.17) is 21.4 Å². The maximum absolute atomic E-state index is 11.0. The van der Waals surface area contributed by atoms with Crippen molar-refractivity contribution in [3.63, 3.8) is 0 Å². The van der Waals surface area contributed by atoms with Crippen molar-refractivity contribution >= 4 is 23.4 Å². The summed E-state index contributed by atoms with van der Waals surface area (Å²) in [7, 11) is 1.90. The topological polar surface area (TPSA) is 62.7 Å². The molecule has 2 heterocycles. The van der Waals surface area contributed by atoms with Crippen molar-refractivity contribution in [2.45, 2.75) is 18.9 Å². The molecule has 1 aromatic rings. The van der Waals surface area contributed by atoms with Crippen molar-refractivity contribution < 1.29 is 14.6 Å². The molecule has 1 N–H and O–H groups in total. The Hall–Kier alpha value is -1.33. The lowest BCUT2D eigenvalue weighted by molar-refractivity contribution is 0.0696. The Balaban J connectivity index is 2.23. The molecule has 0 radical (unpaired) electrons. The third-order valence-electron chi connectivity index (χ3n) is 3.13. The van der Waals surface area contributed by atoms with Gasteiger partial charge in [-0.2, -0.15) is 0 Å². The number of hydrogen-bond acceptors (Lipinski definition) is 4. The number of ether oxygens (including phenoxy) is 1. The summed E-state index contributed by atoms with van der Waals surface area (Å²) in [6.07, 6.45) is 1.82. The lowest BCUT2D eigenvalue weighted by Gasteiger charge is -2.32. The van der Waals surface area contributed by atoms with Gasteiger partial charge in [0.05, 0.1) is 5.56 Å². The highest BCUT2D eigenvalue weighted by Crippen LogP contribution is 2.22. The molecule has 98 valence electrons. The van der Waals surface area contributed by atoms with E-state index in [1.807, 2.05) is 11.9 Å². The van der Waals surface area contributed by atoms with Crippen LogP contribution in [-0.4, -0.2) is 42.4 Å². The van der Waals surface area contributed by atoms with Crippen molar-refractivity contribution in [3.05, 3.63) is 22.8 Å². The fraction of sp³-hybridized carbons (Fsp3) is 0.500. The van der Waals surface area contributed by atoms with Crippen molar-refractivity contribution in [3.8, 4) is 0 Å². The molecule has 1 aliphatic heterocycles. The van der Waals surface area contributed by atoms with Crippen molar-refractivity contribution in [1.29, 1.82) is 0 Å². The second-order valence-corrected chi connectivity index (χ2v) is 4.68. The fourth-order valence-corrected chi connectivity index (χ4v) is 2.25. The summed E-state index contributed by atoms with van der Waals surface area (Å²) in [5.74, 6) is -0.410. The average Bonchev–Trinajstić information content (AvgIpc) is 2.38. The Morgan fingerprint density at radius 3 is 2.78 bits per heavy atom. The summed E-state index contributed by atoms with van der Waals surface area (Å²) in [4.78, 5) is 17.1. The lowest BCUT2D eigenvalue weighted by Crippen LogP contribution is -2.37. The minimum absolute atomic E-state index is 0.156. The maximum atomic E-state index is 11.0. The van der Waals surface area contributed by atoms with Gasteiger partial charge in [-0.25, -0.2) is 9.78 Å². The predicted octanol–water partition coefficient (Wildman–Crippen LogP) is 2.05. The summed E-state index contributed by atoms with van der Waals surface area (Å²) in [6.45, 7) is 1.45. The van der Waals surface area contributed by atoms with Gasteiger partial charge in [0.25, 0.3) is 0 Å². The number of halogens is 1. The molecule has 0 amide bonds. The van der Waals surface area contributed by atoms with Crippen LogP contribution in [0.5, 0.6) is 0 Å². The number of aromatic nitrogens is 1. The van der Waals surface area contributed by atoms with E-state index in [1.54, 1.807) is 6.07 Å². The monoisotopic (exact) mass is 270 g/mol. The van der Waals surface area contributed by atoms with Crippen LogP contribution in [0.4, 0.5) is 5.82 Å². The molecular formula is C12H15ClN2O3. The quantitative estimate of drug-likeness (QED) is 0.852. The molecule has 0 aromatic carbocycles. The number of rotatable bonds is 3. The van der Waals surface area contributed by atoms with E-state index in [-0.39, 0.29) is 10.7 Å². The third-order valence-corrected chi connectivity index (χ3v) is 3.32.